The van der Waals surface area contributed by atoms with Gasteiger partial charge in [-0.05, 0) is 48.7 Å². The molecule has 0 aliphatic carbocycles. The zero-order chi connectivity index (χ0) is 18.6. The maximum absolute atomic E-state index is 4.75. The highest BCUT2D eigenvalue weighted by atomic mass is 35.5. The summed E-state index contributed by atoms with van der Waals surface area (Å²) in [5.41, 5.74) is 5.52. The van der Waals surface area contributed by atoms with Gasteiger partial charge in [0.2, 0.25) is 5.95 Å². The number of hydrogen-bond donors (Lipinski definition) is 2. The van der Waals surface area contributed by atoms with Crippen LogP contribution in [0.5, 0.6) is 0 Å². The Labute approximate surface area is 171 Å². The summed E-state index contributed by atoms with van der Waals surface area (Å²) in [6.07, 6.45) is 0. The maximum atomic E-state index is 4.75. The van der Waals surface area contributed by atoms with Crippen molar-refractivity contribution in [2.45, 2.75) is 20.4 Å². The van der Waals surface area contributed by atoms with Crippen LogP contribution >= 0.6 is 12.4 Å². The molecule has 1 heterocycles. The van der Waals surface area contributed by atoms with Gasteiger partial charge in [0.15, 0.2) is 0 Å². The van der Waals surface area contributed by atoms with Crippen molar-refractivity contribution in [2.24, 2.45) is 0 Å². The summed E-state index contributed by atoms with van der Waals surface area (Å²) >= 11 is 0. The molecule has 0 radical (unpaired) electrons. The lowest BCUT2D eigenvalue weighted by Crippen LogP contribution is -2.06. The standard InChI is InChI=1S/C23H22N4.ClH/c1-16-12-13-17(2)21(14-16)26-23-25-20-11-7-6-10-19(20)22(27-23)24-15-18-8-4-3-5-9-18;/h3-14H,15H2,1-2H3,(H2,24,25,26,27);1H. The summed E-state index contributed by atoms with van der Waals surface area (Å²) in [7, 11) is 0. The van der Waals surface area contributed by atoms with E-state index in [2.05, 4.69) is 54.8 Å². The van der Waals surface area contributed by atoms with E-state index in [1.54, 1.807) is 0 Å². The largest absolute Gasteiger partial charge is 0.365 e. The highest BCUT2D eigenvalue weighted by Crippen LogP contribution is 2.25. The second-order valence-corrected chi connectivity index (χ2v) is 6.70. The number of aromatic nitrogens is 2. The number of para-hydroxylation sites is 1. The molecule has 28 heavy (non-hydrogen) atoms. The van der Waals surface area contributed by atoms with Crippen LogP contribution in [0.2, 0.25) is 0 Å². The Kier molecular flexibility index (Phi) is 6.12. The smallest absolute Gasteiger partial charge is 0.229 e. The van der Waals surface area contributed by atoms with E-state index >= 15 is 0 Å². The van der Waals surface area contributed by atoms with Gasteiger partial charge >= 0.3 is 0 Å². The van der Waals surface area contributed by atoms with Crippen LogP contribution in [0.3, 0.4) is 0 Å². The van der Waals surface area contributed by atoms with Crippen molar-refractivity contribution >= 4 is 40.8 Å². The molecule has 4 nitrogen and oxygen atoms in total. The summed E-state index contributed by atoms with van der Waals surface area (Å²) in [5, 5.41) is 7.86. The number of aryl methyl sites for hydroxylation is 2. The minimum absolute atomic E-state index is 0. The van der Waals surface area contributed by atoms with Crippen LogP contribution in [-0.4, -0.2) is 9.97 Å². The Morgan fingerprint density at radius 1 is 0.821 bits per heavy atom. The van der Waals surface area contributed by atoms with Crippen molar-refractivity contribution in [2.75, 3.05) is 10.6 Å². The number of nitrogens with zero attached hydrogens (tertiary/aromatic N) is 2. The first-order valence-corrected chi connectivity index (χ1v) is 9.08. The van der Waals surface area contributed by atoms with Crippen molar-refractivity contribution in [1.82, 2.24) is 9.97 Å². The minimum Gasteiger partial charge on any atom is -0.365 e. The van der Waals surface area contributed by atoms with Gasteiger partial charge in [-0.2, -0.15) is 4.98 Å². The molecule has 0 spiro atoms. The molecule has 0 aliphatic heterocycles. The molecule has 0 aliphatic rings. The highest BCUT2D eigenvalue weighted by molar-refractivity contribution is 5.90. The lowest BCUT2D eigenvalue weighted by molar-refractivity contribution is 1.10. The first-order valence-electron chi connectivity index (χ1n) is 9.08. The predicted octanol–water partition coefficient (Wildman–Crippen LogP) is 6.02. The molecular formula is C23H23ClN4. The van der Waals surface area contributed by atoms with Crippen molar-refractivity contribution in [3.05, 3.63) is 89.5 Å². The van der Waals surface area contributed by atoms with Gasteiger partial charge in [0, 0.05) is 17.6 Å². The van der Waals surface area contributed by atoms with Gasteiger partial charge in [0.25, 0.3) is 0 Å². The summed E-state index contributed by atoms with van der Waals surface area (Å²) in [6.45, 7) is 4.88. The third kappa shape index (κ3) is 4.41. The number of rotatable bonds is 5. The third-order valence-electron chi connectivity index (χ3n) is 4.55. The summed E-state index contributed by atoms with van der Waals surface area (Å²) in [6, 6.07) is 24.7. The molecule has 4 aromatic rings. The monoisotopic (exact) mass is 390 g/mol. The molecule has 0 bridgehead atoms. The maximum Gasteiger partial charge on any atom is 0.229 e. The van der Waals surface area contributed by atoms with Gasteiger partial charge in [-0.15, -0.1) is 12.4 Å². The Balaban J connectivity index is 0.00000225. The molecule has 0 saturated carbocycles. The van der Waals surface area contributed by atoms with Gasteiger partial charge in [0.05, 0.1) is 5.52 Å². The minimum atomic E-state index is 0. The van der Waals surface area contributed by atoms with E-state index in [0.717, 1.165) is 28.0 Å². The molecule has 3 aromatic carbocycles. The van der Waals surface area contributed by atoms with Gasteiger partial charge in [-0.3, -0.25) is 0 Å². The van der Waals surface area contributed by atoms with E-state index < -0.39 is 0 Å². The second kappa shape index (κ2) is 8.72. The fourth-order valence-electron chi connectivity index (χ4n) is 3.04. The molecule has 0 unspecified atom stereocenters. The van der Waals surface area contributed by atoms with E-state index in [9.17, 15) is 0 Å². The fraction of sp³-hybridized carbons (Fsp3) is 0.130. The number of anilines is 3. The van der Waals surface area contributed by atoms with Crippen LogP contribution in [0, 0.1) is 13.8 Å². The number of hydrogen-bond acceptors (Lipinski definition) is 4. The normalized spacial score (nSPS) is 10.4. The molecule has 0 amide bonds. The Morgan fingerprint density at radius 2 is 1.57 bits per heavy atom. The summed E-state index contributed by atoms with van der Waals surface area (Å²) < 4.78 is 0. The SMILES string of the molecule is Cc1ccc(C)c(Nc2nc(NCc3ccccc3)c3ccccc3n2)c1.Cl. The Bertz CT molecular complexity index is 1080. The first-order chi connectivity index (χ1) is 13.2. The highest BCUT2D eigenvalue weighted by Gasteiger charge is 2.09. The van der Waals surface area contributed by atoms with Crippen LogP contribution in [0.15, 0.2) is 72.8 Å². The molecule has 4 rings (SSSR count). The number of halogens is 1. The van der Waals surface area contributed by atoms with E-state index in [0.29, 0.717) is 12.5 Å². The van der Waals surface area contributed by atoms with Crippen molar-refractivity contribution < 1.29 is 0 Å². The van der Waals surface area contributed by atoms with Crippen LogP contribution in [0.1, 0.15) is 16.7 Å². The molecule has 1 aromatic heterocycles. The average Bonchev–Trinajstić information content (AvgIpc) is 2.70. The Hall–Kier alpha value is -3.11. The molecule has 0 saturated heterocycles. The summed E-state index contributed by atoms with van der Waals surface area (Å²) in [5.74, 6) is 1.43. The average molecular weight is 391 g/mol. The fourth-order valence-corrected chi connectivity index (χ4v) is 3.04. The topological polar surface area (TPSA) is 49.8 Å². The second-order valence-electron chi connectivity index (χ2n) is 6.70. The molecular weight excluding hydrogens is 368 g/mol. The lowest BCUT2D eigenvalue weighted by atomic mass is 10.1. The molecule has 0 fully saturated rings. The molecule has 0 atom stereocenters. The van der Waals surface area contributed by atoms with Crippen molar-refractivity contribution in [3.63, 3.8) is 0 Å². The van der Waals surface area contributed by atoms with Gasteiger partial charge in [-0.1, -0.05) is 54.6 Å². The zero-order valence-electron chi connectivity index (χ0n) is 15.9. The number of nitrogens with one attached hydrogen (secondary N) is 2. The van der Waals surface area contributed by atoms with E-state index in [1.165, 1.54) is 11.1 Å². The van der Waals surface area contributed by atoms with Gasteiger partial charge < -0.3 is 10.6 Å². The van der Waals surface area contributed by atoms with E-state index in [1.807, 2.05) is 42.5 Å². The molecule has 142 valence electrons. The number of fused-ring (bicyclic) bond motifs is 1. The van der Waals surface area contributed by atoms with Gasteiger partial charge in [-0.25, -0.2) is 4.98 Å². The first kappa shape index (κ1) is 19.6. The quantitative estimate of drug-likeness (QED) is 0.437. The van der Waals surface area contributed by atoms with Crippen molar-refractivity contribution in [3.8, 4) is 0 Å². The van der Waals surface area contributed by atoms with Crippen LogP contribution in [0.25, 0.3) is 10.9 Å². The van der Waals surface area contributed by atoms with Crippen LogP contribution < -0.4 is 10.6 Å². The van der Waals surface area contributed by atoms with Crippen molar-refractivity contribution in [1.29, 1.82) is 0 Å². The summed E-state index contributed by atoms with van der Waals surface area (Å²) in [4.78, 5) is 9.44. The van der Waals surface area contributed by atoms with Crippen LogP contribution in [-0.2, 0) is 6.54 Å². The van der Waals surface area contributed by atoms with E-state index in [-0.39, 0.29) is 12.4 Å². The van der Waals surface area contributed by atoms with Gasteiger partial charge in [0.1, 0.15) is 5.82 Å². The lowest BCUT2D eigenvalue weighted by Gasteiger charge is -2.13. The molecule has 2 N–H and O–H groups in total. The number of benzene rings is 3. The third-order valence-corrected chi connectivity index (χ3v) is 4.55. The van der Waals surface area contributed by atoms with Crippen LogP contribution in [0.4, 0.5) is 17.5 Å². The Morgan fingerprint density at radius 3 is 2.39 bits per heavy atom. The zero-order valence-corrected chi connectivity index (χ0v) is 16.8. The molecule has 5 heteroatoms. The predicted molar refractivity (Wildman–Crippen MR) is 120 cm³/mol. The van der Waals surface area contributed by atoms with E-state index in [4.69, 9.17) is 9.97 Å².